The van der Waals surface area contributed by atoms with Gasteiger partial charge in [-0.15, -0.1) is 0 Å². The summed E-state index contributed by atoms with van der Waals surface area (Å²) in [5.41, 5.74) is 4.38. The number of hydrogen-bond donors (Lipinski definition) is 0. The second-order valence-electron chi connectivity index (χ2n) is 9.94. The molecular formula is C34H28F3NO4. The molecule has 42 heavy (non-hydrogen) atoms. The Morgan fingerprint density at radius 3 is 2.33 bits per heavy atom. The van der Waals surface area contributed by atoms with Crippen LogP contribution in [-0.2, 0) is 35.3 Å². The fourth-order valence-electron chi connectivity index (χ4n) is 4.85. The Morgan fingerprint density at radius 1 is 0.833 bits per heavy atom. The highest BCUT2D eigenvalue weighted by Gasteiger charge is 2.33. The summed E-state index contributed by atoms with van der Waals surface area (Å²) in [6.45, 7) is 3.33. The molecule has 0 fully saturated rings. The van der Waals surface area contributed by atoms with E-state index in [1.54, 1.807) is 24.4 Å². The topological polar surface area (TPSA) is 57.7 Å². The van der Waals surface area contributed by atoms with E-state index < -0.39 is 17.7 Å². The average Bonchev–Trinajstić information content (AvgIpc) is 2.97. The minimum Gasteiger partial charge on any atom is -0.489 e. The highest BCUT2D eigenvalue weighted by Crippen LogP contribution is 2.36. The molecule has 1 aromatic heterocycles. The van der Waals surface area contributed by atoms with Crippen LogP contribution in [0.4, 0.5) is 13.2 Å². The zero-order chi connectivity index (χ0) is 29.7. The Labute approximate surface area is 241 Å². The summed E-state index contributed by atoms with van der Waals surface area (Å²) in [5.74, 6) is 0.461. The van der Waals surface area contributed by atoms with E-state index in [2.05, 4.69) is 9.87 Å². The van der Waals surface area contributed by atoms with E-state index in [0.717, 1.165) is 39.4 Å². The smallest absolute Gasteiger partial charge is 0.418 e. The number of carbonyl (C=O) groups excluding carboxylic acids is 1. The Morgan fingerprint density at radius 2 is 1.57 bits per heavy atom. The maximum atomic E-state index is 13.8. The van der Waals surface area contributed by atoms with Crippen LogP contribution >= 0.6 is 0 Å². The van der Waals surface area contributed by atoms with Crippen molar-refractivity contribution in [2.45, 2.75) is 39.5 Å². The van der Waals surface area contributed by atoms with Gasteiger partial charge < -0.3 is 4.74 Å². The van der Waals surface area contributed by atoms with Crippen LogP contribution in [0.2, 0.25) is 0 Å². The molecule has 0 atom stereocenters. The molecule has 0 saturated carbocycles. The second-order valence-corrected chi connectivity index (χ2v) is 9.94. The average molecular weight is 572 g/mol. The molecule has 0 bridgehead atoms. The molecule has 214 valence electrons. The number of ether oxygens (including phenoxy) is 1. The number of carbonyl (C=O) groups is 1. The van der Waals surface area contributed by atoms with E-state index in [0.29, 0.717) is 29.7 Å². The minimum atomic E-state index is -4.52. The molecule has 5 aromatic rings. The van der Waals surface area contributed by atoms with E-state index in [9.17, 15) is 18.0 Å². The van der Waals surface area contributed by atoms with Crippen LogP contribution in [0, 0.1) is 6.92 Å². The summed E-state index contributed by atoms with van der Waals surface area (Å²) < 4.78 is 47.6. The lowest BCUT2D eigenvalue weighted by Crippen LogP contribution is -2.08. The highest BCUT2D eigenvalue weighted by molar-refractivity contribution is 5.86. The first-order chi connectivity index (χ1) is 20.2. The minimum absolute atomic E-state index is 0.0597. The molecule has 5 rings (SSSR count). The predicted molar refractivity (Wildman–Crippen MR) is 153 cm³/mol. The van der Waals surface area contributed by atoms with Gasteiger partial charge in [-0.25, -0.2) is 4.79 Å². The number of halogens is 3. The van der Waals surface area contributed by atoms with Crippen molar-refractivity contribution >= 4 is 16.9 Å². The molecule has 5 nitrogen and oxygen atoms in total. The van der Waals surface area contributed by atoms with Gasteiger partial charge in [-0.05, 0) is 71.8 Å². The number of alkyl halides is 3. The molecule has 4 aromatic carbocycles. The Bertz CT molecular complexity index is 1720. The fourth-order valence-corrected chi connectivity index (χ4v) is 4.85. The van der Waals surface area contributed by atoms with Crippen LogP contribution in [0.5, 0.6) is 11.5 Å². The van der Waals surface area contributed by atoms with E-state index in [1.807, 2.05) is 67.6 Å². The van der Waals surface area contributed by atoms with E-state index in [4.69, 9.17) is 9.62 Å². The van der Waals surface area contributed by atoms with Crippen molar-refractivity contribution in [2.24, 2.45) is 0 Å². The first kappa shape index (κ1) is 28.7. The molecule has 0 N–H and O–H groups in total. The predicted octanol–water partition coefficient (Wildman–Crippen LogP) is 8.18. The standard InChI is InChI=1S/C34H28F3NO4/c1-22-26(12-7-16-32(22)42-41-23(2)39)21-40-28-13-6-11-25(18-28)19-30-27(17-24-9-4-3-5-10-24)20-38-33-29(30)14-8-15-31(33)34(35,36)37/h3-16,18,20H,17,19,21H2,1-2H3. The first-order valence-corrected chi connectivity index (χ1v) is 13.3. The number of aromatic nitrogens is 1. The van der Waals surface area contributed by atoms with Crippen LogP contribution in [0.3, 0.4) is 0 Å². The van der Waals surface area contributed by atoms with Gasteiger partial charge in [0.15, 0.2) is 5.75 Å². The van der Waals surface area contributed by atoms with Gasteiger partial charge in [0.25, 0.3) is 0 Å². The lowest BCUT2D eigenvalue weighted by molar-refractivity contribution is -0.211. The summed E-state index contributed by atoms with van der Waals surface area (Å²) >= 11 is 0. The van der Waals surface area contributed by atoms with Gasteiger partial charge in [0.05, 0.1) is 11.1 Å². The van der Waals surface area contributed by atoms with Gasteiger partial charge in [0, 0.05) is 24.1 Å². The van der Waals surface area contributed by atoms with Crippen molar-refractivity contribution in [3.05, 3.63) is 136 Å². The number of pyridine rings is 1. The van der Waals surface area contributed by atoms with Crippen LogP contribution in [-0.4, -0.2) is 11.0 Å². The Kier molecular flexibility index (Phi) is 8.43. The van der Waals surface area contributed by atoms with Crippen molar-refractivity contribution in [2.75, 3.05) is 0 Å². The largest absolute Gasteiger partial charge is 0.489 e. The Hall–Kier alpha value is -4.85. The molecule has 0 saturated heterocycles. The Balaban J connectivity index is 1.44. The van der Waals surface area contributed by atoms with Crippen molar-refractivity contribution < 1.29 is 32.5 Å². The van der Waals surface area contributed by atoms with Crippen molar-refractivity contribution in [1.82, 2.24) is 4.98 Å². The number of fused-ring (bicyclic) bond motifs is 1. The summed E-state index contributed by atoms with van der Waals surface area (Å²) in [7, 11) is 0. The number of nitrogens with zero attached hydrogens (tertiary/aromatic N) is 1. The molecule has 0 aliphatic rings. The SMILES string of the molecule is CC(=O)OOc1cccc(COc2cccc(Cc3c(Cc4ccccc4)cnc4c(C(F)(F)F)cccc34)c2)c1C. The lowest BCUT2D eigenvalue weighted by Gasteiger charge is -2.17. The van der Waals surface area contributed by atoms with Gasteiger partial charge >= 0.3 is 12.1 Å². The molecule has 0 spiro atoms. The zero-order valence-electron chi connectivity index (χ0n) is 23.1. The first-order valence-electron chi connectivity index (χ1n) is 13.3. The highest BCUT2D eigenvalue weighted by atomic mass is 19.4. The number of hydrogen-bond acceptors (Lipinski definition) is 5. The van der Waals surface area contributed by atoms with Crippen LogP contribution in [0.15, 0.2) is 97.2 Å². The molecule has 8 heteroatoms. The third-order valence-electron chi connectivity index (χ3n) is 6.96. The molecule has 0 aliphatic heterocycles. The lowest BCUT2D eigenvalue weighted by atomic mass is 9.92. The van der Waals surface area contributed by atoms with Gasteiger partial charge in [-0.3, -0.25) is 14.8 Å². The second kappa shape index (κ2) is 12.3. The van der Waals surface area contributed by atoms with E-state index >= 15 is 0 Å². The van der Waals surface area contributed by atoms with E-state index in [1.165, 1.54) is 13.0 Å². The molecular weight excluding hydrogens is 543 g/mol. The summed E-state index contributed by atoms with van der Waals surface area (Å²) in [6, 6.07) is 26.8. The maximum absolute atomic E-state index is 13.8. The third kappa shape index (κ3) is 6.71. The van der Waals surface area contributed by atoms with E-state index in [-0.39, 0.29) is 12.1 Å². The summed E-state index contributed by atoms with van der Waals surface area (Å²) in [4.78, 5) is 25.2. The summed E-state index contributed by atoms with van der Waals surface area (Å²) in [5, 5.41) is 0.477. The molecule has 0 amide bonds. The maximum Gasteiger partial charge on any atom is 0.418 e. The third-order valence-corrected chi connectivity index (χ3v) is 6.96. The quantitative estimate of drug-likeness (QED) is 0.132. The van der Waals surface area contributed by atoms with Crippen LogP contribution < -0.4 is 9.62 Å². The molecule has 1 heterocycles. The normalized spacial score (nSPS) is 11.4. The van der Waals surface area contributed by atoms with Gasteiger partial charge in [-0.1, -0.05) is 66.7 Å². The number of benzene rings is 4. The molecule has 0 radical (unpaired) electrons. The van der Waals surface area contributed by atoms with Crippen LogP contribution in [0.1, 0.15) is 45.9 Å². The van der Waals surface area contributed by atoms with Gasteiger partial charge in [0.1, 0.15) is 12.4 Å². The summed E-state index contributed by atoms with van der Waals surface area (Å²) in [6.07, 6.45) is -2.02. The van der Waals surface area contributed by atoms with Gasteiger partial charge in [0.2, 0.25) is 0 Å². The zero-order valence-corrected chi connectivity index (χ0v) is 23.1. The van der Waals surface area contributed by atoms with Crippen molar-refractivity contribution in [1.29, 1.82) is 0 Å². The number of rotatable bonds is 9. The van der Waals surface area contributed by atoms with Crippen molar-refractivity contribution in [3.63, 3.8) is 0 Å². The molecule has 0 aliphatic carbocycles. The van der Waals surface area contributed by atoms with Crippen LogP contribution in [0.25, 0.3) is 10.9 Å². The fraction of sp³-hybridized carbons (Fsp3) is 0.176. The molecule has 0 unspecified atom stereocenters. The van der Waals surface area contributed by atoms with Gasteiger partial charge in [-0.2, -0.15) is 13.2 Å². The number of para-hydroxylation sites is 1. The monoisotopic (exact) mass is 571 g/mol. The van der Waals surface area contributed by atoms with Crippen molar-refractivity contribution in [3.8, 4) is 11.5 Å².